The van der Waals surface area contributed by atoms with Crippen molar-refractivity contribution < 1.29 is 9.47 Å². The molecule has 0 unspecified atom stereocenters. The van der Waals surface area contributed by atoms with Crippen molar-refractivity contribution in [3.8, 4) is 17.2 Å². The van der Waals surface area contributed by atoms with Crippen LogP contribution in [0, 0.1) is 0 Å². The molecule has 0 radical (unpaired) electrons. The van der Waals surface area contributed by atoms with Crippen LogP contribution in [0.15, 0.2) is 60.9 Å². The van der Waals surface area contributed by atoms with Gasteiger partial charge >= 0.3 is 0 Å². The van der Waals surface area contributed by atoms with Crippen LogP contribution >= 0.6 is 0 Å². The van der Waals surface area contributed by atoms with Gasteiger partial charge in [0.15, 0.2) is 0 Å². The van der Waals surface area contributed by atoms with Crippen LogP contribution in [-0.4, -0.2) is 12.1 Å². The van der Waals surface area contributed by atoms with E-state index >= 15 is 0 Å². The number of benzene rings is 2. The maximum Gasteiger partial charge on any atom is 0.135 e. The number of pyridine rings is 1. The summed E-state index contributed by atoms with van der Waals surface area (Å²) in [6.45, 7) is 0. The molecule has 0 N–H and O–H groups in total. The molecule has 2 aromatic carbocycles. The summed E-state index contributed by atoms with van der Waals surface area (Å²) in [6, 6.07) is 15.4. The average molecular weight is 251 g/mol. The van der Waals surface area contributed by atoms with Gasteiger partial charge in [-0.05, 0) is 36.4 Å². The number of methoxy groups -OCH3 is 1. The first-order chi connectivity index (χ1) is 9.36. The third-order valence-corrected chi connectivity index (χ3v) is 2.93. The lowest BCUT2D eigenvalue weighted by Gasteiger charge is -2.09. The first-order valence-corrected chi connectivity index (χ1v) is 6.01. The minimum atomic E-state index is 0.783. The lowest BCUT2D eigenvalue weighted by molar-refractivity contribution is 0.413. The van der Waals surface area contributed by atoms with Crippen LogP contribution in [0.2, 0.25) is 0 Å². The van der Waals surface area contributed by atoms with Crippen molar-refractivity contribution >= 4 is 10.8 Å². The number of ether oxygens (including phenoxy) is 2. The highest BCUT2D eigenvalue weighted by Crippen LogP contribution is 2.29. The number of hydrogen-bond acceptors (Lipinski definition) is 3. The molecular weight excluding hydrogens is 238 g/mol. The first kappa shape index (κ1) is 11.5. The largest absolute Gasteiger partial charge is 0.497 e. The zero-order chi connectivity index (χ0) is 13.1. The molecule has 0 saturated carbocycles. The molecule has 0 fully saturated rings. The summed E-state index contributed by atoms with van der Waals surface area (Å²) in [4.78, 5) is 4.11. The van der Waals surface area contributed by atoms with E-state index in [2.05, 4.69) is 4.98 Å². The molecule has 0 saturated heterocycles. The fourth-order valence-electron chi connectivity index (χ4n) is 1.95. The highest BCUT2D eigenvalue weighted by atomic mass is 16.5. The van der Waals surface area contributed by atoms with Gasteiger partial charge in [-0.15, -0.1) is 0 Å². The molecule has 1 aromatic heterocycles. The lowest BCUT2D eigenvalue weighted by atomic mass is 10.1. The number of rotatable bonds is 3. The van der Waals surface area contributed by atoms with Gasteiger partial charge in [-0.2, -0.15) is 0 Å². The number of aromatic nitrogens is 1. The molecule has 1 heterocycles. The summed E-state index contributed by atoms with van der Waals surface area (Å²) in [5.41, 5.74) is 0. The van der Waals surface area contributed by atoms with Crippen LogP contribution in [0.1, 0.15) is 0 Å². The highest BCUT2D eigenvalue weighted by Gasteiger charge is 2.03. The summed E-state index contributed by atoms with van der Waals surface area (Å²) >= 11 is 0. The van der Waals surface area contributed by atoms with Gasteiger partial charge < -0.3 is 9.47 Å². The van der Waals surface area contributed by atoms with Gasteiger partial charge in [-0.1, -0.05) is 12.1 Å². The minimum absolute atomic E-state index is 0.783. The topological polar surface area (TPSA) is 31.4 Å². The van der Waals surface area contributed by atoms with E-state index in [-0.39, 0.29) is 0 Å². The second kappa shape index (κ2) is 4.98. The van der Waals surface area contributed by atoms with Crippen LogP contribution in [0.3, 0.4) is 0 Å². The maximum absolute atomic E-state index is 5.91. The summed E-state index contributed by atoms with van der Waals surface area (Å²) in [5.74, 6) is 2.42. The molecule has 0 aliphatic carbocycles. The molecule has 3 aromatic rings. The van der Waals surface area contributed by atoms with Crippen molar-refractivity contribution in [3.63, 3.8) is 0 Å². The number of hydrogen-bond donors (Lipinski definition) is 0. The molecular formula is C16H13NO2. The van der Waals surface area contributed by atoms with Crippen LogP contribution in [0.5, 0.6) is 17.2 Å². The normalized spacial score (nSPS) is 10.4. The van der Waals surface area contributed by atoms with E-state index in [0.29, 0.717) is 0 Å². The van der Waals surface area contributed by atoms with Gasteiger partial charge in [-0.25, -0.2) is 0 Å². The zero-order valence-corrected chi connectivity index (χ0v) is 10.5. The molecule has 0 aliphatic rings. The molecule has 19 heavy (non-hydrogen) atoms. The molecule has 94 valence electrons. The van der Waals surface area contributed by atoms with Crippen molar-refractivity contribution in [2.24, 2.45) is 0 Å². The third-order valence-electron chi connectivity index (χ3n) is 2.93. The Labute approximate surface area is 111 Å². The predicted octanol–water partition coefficient (Wildman–Crippen LogP) is 4.04. The van der Waals surface area contributed by atoms with Gasteiger partial charge in [0, 0.05) is 23.2 Å². The number of nitrogens with zero attached hydrogens (tertiary/aromatic N) is 1. The second-order valence-electron chi connectivity index (χ2n) is 4.13. The third kappa shape index (κ3) is 2.36. The molecule has 3 nitrogen and oxygen atoms in total. The molecule has 0 bridgehead atoms. The minimum Gasteiger partial charge on any atom is -0.497 e. The quantitative estimate of drug-likeness (QED) is 0.704. The Morgan fingerprint density at radius 1 is 0.895 bits per heavy atom. The van der Waals surface area contributed by atoms with Gasteiger partial charge in [-0.3, -0.25) is 4.98 Å². The van der Waals surface area contributed by atoms with E-state index < -0.39 is 0 Å². The Morgan fingerprint density at radius 2 is 1.68 bits per heavy atom. The monoisotopic (exact) mass is 251 g/mol. The predicted molar refractivity (Wildman–Crippen MR) is 74.8 cm³/mol. The SMILES string of the molecule is COc1ccc(Oc2cccc3cnccc23)cc1. The van der Waals surface area contributed by atoms with E-state index in [1.54, 1.807) is 13.3 Å². The Kier molecular flexibility index (Phi) is 3.02. The molecule has 3 rings (SSSR count). The summed E-state index contributed by atoms with van der Waals surface area (Å²) in [6.07, 6.45) is 3.60. The van der Waals surface area contributed by atoms with E-state index in [1.165, 1.54) is 0 Å². The molecule has 0 amide bonds. The van der Waals surface area contributed by atoms with Gasteiger partial charge in [0.2, 0.25) is 0 Å². The van der Waals surface area contributed by atoms with Crippen molar-refractivity contribution in [2.75, 3.05) is 7.11 Å². The van der Waals surface area contributed by atoms with Crippen molar-refractivity contribution in [1.82, 2.24) is 4.98 Å². The zero-order valence-electron chi connectivity index (χ0n) is 10.5. The molecule has 3 heteroatoms. The smallest absolute Gasteiger partial charge is 0.135 e. The maximum atomic E-state index is 5.91. The Morgan fingerprint density at radius 3 is 2.47 bits per heavy atom. The Hall–Kier alpha value is -2.55. The van der Waals surface area contributed by atoms with E-state index in [0.717, 1.165) is 28.0 Å². The fourth-order valence-corrected chi connectivity index (χ4v) is 1.95. The Bertz CT molecular complexity index is 687. The van der Waals surface area contributed by atoms with Crippen LogP contribution in [-0.2, 0) is 0 Å². The van der Waals surface area contributed by atoms with Gasteiger partial charge in [0.05, 0.1) is 7.11 Å². The summed E-state index contributed by atoms with van der Waals surface area (Å²) in [7, 11) is 1.65. The van der Waals surface area contributed by atoms with E-state index in [9.17, 15) is 0 Å². The Balaban J connectivity index is 1.96. The fraction of sp³-hybridized carbons (Fsp3) is 0.0625. The van der Waals surface area contributed by atoms with E-state index in [4.69, 9.17) is 9.47 Å². The average Bonchev–Trinajstić information content (AvgIpc) is 2.48. The van der Waals surface area contributed by atoms with Gasteiger partial charge in [0.1, 0.15) is 17.2 Å². The van der Waals surface area contributed by atoms with Crippen LogP contribution in [0.25, 0.3) is 10.8 Å². The molecule has 0 spiro atoms. The standard InChI is InChI=1S/C16H13NO2/c1-18-13-5-7-14(8-6-13)19-16-4-2-3-12-11-17-10-9-15(12)16/h2-11H,1H3. The molecule has 0 aliphatic heterocycles. The van der Waals surface area contributed by atoms with Crippen molar-refractivity contribution in [2.45, 2.75) is 0 Å². The lowest BCUT2D eigenvalue weighted by Crippen LogP contribution is -1.87. The molecule has 0 atom stereocenters. The first-order valence-electron chi connectivity index (χ1n) is 6.01. The summed E-state index contributed by atoms with van der Waals surface area (Å²) in [5, 5.41) is 2.11. The van der Waals surface area contributed by atoms with Crippen LogP contribution < -0.4 is 9.47 Å². The second-order valence-corrected chi connectivity index (χ2v) is 4.13. The van der Waals surface area contributed by atoms with E-state index in [1.807, 2.05) is 54.7 Å². The van der Waals surface area contributed by atoms with Crippen molar-refractivity contribution in [3.05, 3.63) is 60.9 Å². The van der Waals surface area contributed by atoms with Crippen LogP contribution in [0.4, 0.5) is 0 Å². The van der Waals surface area contributed by atoms with Gasteiger partial charge in [0.25, 0.3) is 0 Å². The van der Waals surface area contributed by atoms with Crippen molar-refractivity contribution in [1.29, 1.82) is 0 Å². The summed E-state index contributed by atoms with van der Waals surface area (Å²) < 4.78 is 11.0. The number of fused-ring (bicyclic) bond motifs is 1. The highest BCUT2D eigenvalue weighted by molar-refractivity contribution is 5.87.